The van der Waals surface area contributed by atoms with Gasteiger partial charge in [0, 0.05) is 30.8 Å². The van der Waals surface area contributed by atoms with Gasteiger partial charge >= 0.3 is 12.0 Å². The lowest BCUT2D eigenvalue weighted by Gasteiger charge is -2.25. The van der Waals surface area contributed by atoms with Crippen LogP contribution < -0.4 is 27.0 Å². The van der Waals surface area contributed by atoms with Crippen LogP contribution in [0.25, 0.3) is 0 Å². The Morgan fingerprint density at radius 2 is 1.31 bits per heavy atom. The van der Waals surface area contributed by atoms with Gasteiger partial charge in [0.05, 0.1) is 65.3 Å². The van der Waals surface area contributed by atoms with Crippen LogP contribution in [0.5, 0.6) is 0 Å². The average Bonchev–Trinajstić information content (AvgIpc) is 3.46. The number of anilines is 1. The number of imide groups is 1. The first-order valence-corrected chi connectivity index (χ1v) is 18.3. The molecule has 18 heteroatoms. The Balaban J connectivity index is 1.70. The van der Waals surface area contributed by atoms with E-state index in [4.69, 9.17) is 29.4 Å². The fourth-order valence-electron chi connectivity index (χ4n) is 4.80. The number of primary amides is 1. The zero-order valence-electron chi connectivity index (χ0n) is 32.1. The van der Waals surface area contributed by atoms with E-state index < -0.39 is 35.8 Å². The fourth-order valence-corrected chi connectivity index (χ4v) is 4.80. The highest BCUT2D eigenvalue weighted by Crippen LogP contribution is 2.13. The van der Waals surface area contributed by atoms with Crippen LogP contribution in [0.2, 0.25) is 0 Å². The molecule has 6 N–H and O–H groups in total. The number of hydrogen-bond acceptors (Lipinski definition) is 12. The number of carbonyl (C=O) groups is 7. The number of amides is 7. The second-order valence-corrected chi connectivity index (χ2v) is 13.1. The van der Waals surface area contributed by atoms with E-state index in [1.54, 1.807) is 52.0 Å². The van der Waals surface area contributed by atoms with Crippen LogP contribution in [0.15, 0.2) is 36.4 Å². The molecule has 18 nitrogen and oxygen atoms in total. The summed E-state index contributed by atoms with van der Waals surface area (Å²) in [6.45, 7) is 9.58. The largest absolute Gasteiger partial charge is 0.461 e. The van der Waals surface area contributed by atoms with Crippen molar-refractivity contribution in [1.82, 2.24) is 20.9 Å². The van der Waals surface area contributed by atoms with Crippen LogP contribution >= 0.6 is 0 Å². The van der Waals surface area contributed by atoms with Gasteiger partial charge in [-0.15, -0.1) is 0 Å². The normalized spacial score (nSPS) is 13.5. The number of esters is 1. The summed E-state index contributed by atoms with van der Waals surface area (Å²) in [6.07, 6.45) is 2.94. The van der Waals surface area contributed by atoms with Gasteiger partial charge in [0.15, 0.2) is 0 Å². The first-order chi connectivity index (χ1) is 26.3. The van der Waals surface area contributed by atoms with Gasteiger partial charge in [-0.1, -0.05) is 39.8 Å². The maximum absolute atomic E-state index is 13.4. The van der Waals surface area contributed by atoms with Gasteiger partial charge in [-0.2, -0.15) is 0 Å². The van der Waals surface area contributed by atoms with Crippen LogP contribution in [0.4, 0.5) is 10.5 Å². The maximum Gasteiger partial charge on any atom is 0.312 e. The van der Waals surface area contributed by atoms with Gasteiger partial charge in [0.1, 0.15) is 18.7 Å². The Morgan fingerprint density at radius 3 is 1.85 bits per heavy atom. The first kappa shape index (κ1) is 46.2. The van der Waals surface area contributed by atoms with Crippen LogP contribution in [0.1, 0.15) is 52.5 Å². The lowest BCUT2D eigenvalue weighted by molar-refractivity contribution is -0.148. The van der Waals surface area contributed by atoms with Gasteiger partial charge in [-0.3, -0.25) is 33.7 Å². The molecular weight excluding hydrogens is 720 g/mol. The first-order valence-electron chi connectivity index (χ1n) is 18.3. The number of nitrogens with zero attached hydrogens (tertiary/aromatic N) is 1. The second-order valence-electron chi connectivity index (χ2n) is 13.1. The van der Waals surface area contributed by atoms with E-state index in [2.05, 4.69) is 21.3 Å². The lowest BCUT2D eigenvalue weighted by atomic mass is 10.0. The summed E-state index contributed by atoms with van der Waals surface area (Å²) in [6, 6.07) is 4.06. The number of carbonyl (C=O) groups excluding carboxylic acids is 7. The van der Waals surface area contributed by atoms with Crippen molar-refractivity contribution in [2.45, 2.75) is 65.6 Å². The SMILES string of the molecule is CC(C)C(=O)OCc1ccc(NC(=O)C(CCCNC(N)=O)NC(=O)C(NC(=O)CCOCCOCCOCCOCCN2C(=O)C=CC2=O)C(C)C)cc1. The zero-order chi connectivity index (χ0) is 40.6. The van der Waals surface area contributed by atoms with E-state index in [1.165, 1.54) is 12.2 Å². The van der Waals surface area contributed by atoms with Crippen LogP contribution in [-0.2, 0) is 59.1 Å². The number of rotatable bonds is 28. The van der Waals surface area contributed by atoms with Crippen molar-refractivity contribution in [3.8, 4) is 0 Å². The highest BCUT2D eigenvalue weighted by Gasteiger charge is 2.29. The lowest BCUT2D eigenvalue weighted by Crippen LogP contribution is -2.54. The summed E-state index contributed by atoms with van der Waals surface area (Å²) in [4.78, 5) is 86.3. The van der Waals surface area contributed by atoms with E-state index in [0.29, 0.717) is 38.5 Å². The smallest absolute Gasteiger partial charge is 0.312 e. The van der Waals surface area contributed by atoms with Gasteiger partial charge in [-0.25, -0.2) is 4.79 Å². The molecule has 55 heavy (non-hydrogen) atoms. The monoisotopic (exact) mass is 776 g/mol. The van der Waals surface area contributed by atoms with Crippen molar-refractivity contribution >= 4 is 47.2 Å². The number of nitrogens with two attached hydrogens (primary N) is 1. The van der Waals surface area contributed by atoms with Crippen molar-refractivity contribution in [1.29, 1.82) is 0 Å². The molecule has 0 aromatic heterocycles. The molecule has 7 amide bonds. The zero-order valence-corrected chi connectivity index (χ0v) is 32.1. The van der Waals surface area contributed by atoms with E-state index >= 15 is 0 Å². The molecule has 0 fully saturated rings. The Kier molecular flexibility index (Phi) is 21.9. The van der Waals surface area contributed by atoms with Crippen molar-refractivity contribution < 1.29 is 57.2 Å². The number of hydrogen-bond donors (Lipinski definition) is 5. The molecule has 0 spiro atoms. The Labute approximate surface area is 321 Å². The maximum atomic E-state index is 13.4. The highest BCUT2D eigenvalue weighted by atomic mass is 16.6. The standard InChI is InChI=1S/C37H56N6O12/c1-25(2)33(42-30(44)13-16-51-18-20-53-22-23-54-21-19-52-17-15-43-31(45)11-12-32(43)46)35(48)41-29(6-5-14-39-37(38)50)34(47)40-28-9-7-27(8-10-28)24-55-36(49)26(3)4/h7-12,25-26,29,33H,5-6,13-24H2,1-4H3,(H,40,47)(H,41,48)(H,42,44)(H3,38,39,50). The van der Waals surface area contributed by atoms with Gasteiger partial charge < -0.3 is 50.7 Å². The Bertz CT molecular complexity index is 1420. The van der Waals surface area contributed by atoms with E-state index in [9.17, 15) is 33.6 Å². The minimum absolute atomic E-state index is 0.00836. The predicted octanol–water partition coefficient (Wildman–Crippen LogP) is 0.780. The summed E-state index contributed by atoms with van der Waals surface area (Å²) >= 11 is 0. The molecule has 1 aliphatic rings. The van der Waals surface area contributed by atoms with Crippen molar-refractivity contribution in [2.24, 2.45) is 17.6 Å². The molecule has 2 atom stereocenters. The van der Waals surface area contributed by atoms with E-state index in [0.717, 1.165) is 10.5 Å². The second kappa shape index (κ2) is 26.0. The van der Waals surface area contributed by atoms with E-state index in [-0.39, 0.29) is 88.6 Å². The molecule has 1 heterocycles. The third kappa shape index (κ3) is 19.3. The number of ether oxygens (including phenoxy) is 5. The number of urea groups is 1. The summed E-state index contributed by atoms with van der Waals surface area (Å²) in [5.41, 5.74) is 6.33. The fraction of sp³-hybridized carbons (Fsp3) is 0.595. The quantitative estimate of drug-likeness (QED) is 0.0451. The molecule has 0 saturated carbocycles. The minimum Gasteiger partial charge on any atom is -0.461 e. The molecule has 0 saturated heterocycles. The number of benzene rings is 1. The summed E-state index contributed by atoms with van der Waals surface area (Å²) in [5.74, 6) is -3.05. The Morgan fingerprint density at radius 1 is 0.745 bits per heavy atom. The van der Waals surface area contributed by atoms with Crippen LogP contribution in [-0.4, -0.2) is 124 Å². The molecule has 0 radical (unpaired) electrons. The molecule has 306 valence electrons. The molecule has 2 rings (SSSR count). The van der Waals surface area contributed by atoms with Crippen LogP contribution in [0.3, 0.4) is 0 Å². The Hall–Kier alpha value is -4.91. The molecular formula is C37H56N6O12. The van der Waals surface area contributed by atoms with E-state index in [1.807, 2.05) is 0 Å². The molecule has 0 bridgehead atoms. The topological polar surface area (TPSA) is 243 Å². The third-order valence-electron chi connectivity index (χ3n) is 7.89. The summed E-state index contributed by atoms with van der Waals surface area (Å²) < 4.78 is 26.9. The molecule has 1 aromatic carbocycles. The summed E-state index contributed by atoms with van der Waals surface area (Å²) in [7, 11) is 0. The van der Waals surface area contributed by atoms with Crippen LogP contribution in [0, 0.1) is 11.8 Å². The van der Waals surface area contributed by atoms with Crippen molar-refractivity contribution in [3.05, 3.63) is 42.0 Å². The van der Waals surface area contributed by atoms with Crippen molar-refractivity contribution in [2.75, 3.05) is 71.3 Å². The van der Waals surface area contributed by atoms with Gasteiger partial charge in [-0.05, 0) is 36.5 Å². The minimum atomic E-state index is -1.00. The highest BCUT2D eigenvalue weighted by molar-refractivity contribution is 6.12. The van der Waals surface area contributed by atoms with Gasteiger partial charge in [0.2, 0.25) is 17.7 Å². The molecule has 1 aliphatic heterocycles. The summed E-state index contributed by atoms with van der Waals surface area (Å²) in [5, 5.41) is 10.7. The van der Waals surface area contributed by atoms with Crippen molar-refractivity contribution in [3.63, 3.8) is 0 Å². The number of nitrogens with one attached hydrogen (secondary N) is 4. The molecule has 2 unspecified atom stereocenters. The third-order valence-corrected chi connectivity index (χ3v) is 7.89. The molecule has 0 aliphatic carbocycles. The average molecular weight is 777 g/mol. The molecule has 1 aromatic rings. The predicted molar refractivity (Wildman–Crippen MR) is 199 cm³/mol. The van der Waals surface area contributed by atoms with Gasteiger partial charge in [0.25, 0.3) is 11.8 Å².